The van der Waals surface area contributed by atoms with Crippen LogP contribution in [-0.2, 0) is 4.79 Å². The first-order chi connectivity index (χ1) is 9.15. The van der Waals surface area contributed by atoms with Gasteiger partial charge in [0.2, 0.25) is 17.7 Å². The van der Waals surface area contributed by atoms with Gasteiger partial charge in [0.25, 0.3) is 0 Å². The Kier molecular flexibility index (Phi) is 4.57. The minimum Gasteiger partial charge on any atom is -0.480 e. The molecule has 0 bridgehead atoms. The SMILES string of the molecule is CNC(=O)C1CCCN(c2ncc(Br)c(OC)n2)C1. The van der Waals surface area contributed by atoms with Gasteiger partial charge in [-0.3, -0.25) is 4.79 Å². The summed E-state index contributed by atoms with van der Waals surface area (Å²) in [4.78, 5) is 22.4. The molecule has 0 saturated carbocycles. The molecular weight excluding hydrogens is 312 g/mol. The van der Waals surface area contributed by atoms with E-state index in [1.54, 1.807) is 20.4 Å². The van der Waals surface area contributed by atoms with Crippen LogP contribution in [0.4, 0.5) is 5.95 Å². The summed E-state index contributed by atoms with van der Waals surface area (Å²) >= 11 is 3.33. The number of piperidine rings is 1. The number of carbonyl (C=O) groups excluding carboxylic acids is 1. The number of nitrogens with zero attached hydrogens (tertiary/aromatic N) is 3. The summed E-state index contributed by atoms with van der Waals surface area (Å²) < 4.78 is 5.89. The third kappa shape index (κ3) is 3.15. The number of nitrogens with one attached hydrogen (secondary N) is 1. The molecule has 1 aromatic heterocycles. The maximum Gasteiger partial charge on any atom is 0.232 e. The molecule has 1 fully saturated rings. The molecule has 1 atom stereocenters. The average molecular weight is 329 g/mol. The molecule has 7 heteroatoms. The van der Waals surface area contributed by atoms with Crippen molar-refractivity contribution in [3.05, 3.63) is 10.7 Å². The molecule has 1 aromatic rings. The van der Waals surface area contributed by atoms with Crippen LogP contribution in [0.3, 0.4) is 0 Å². The molecule has 1 aliphatic rings. The van der Waals surface area contributed by atoms with Gasteiger partial charge in [0.15, 0.2) is 0 Å². The molecule has 6 nitrogen and oxygen atoms in total. The zero-order valence-electron chi connectivity index (χ0n) is 11.0. The van der Waals surface area contributed by atoms with Crippen LogP contribution in [0, 0.1) is 5.92 Å². The first kappa shape index (κ1) is 14.0. The Morgan fingerprint density at radius 1 is 1.63 bits per heavy atom. The molecule has 0 spiro atoms. The lowest BCUT2D eigenvalue weighted by atomic mass is 9.97. The molecule has 2 heterocycles. The molecule has 0 aliphatic carbocycles. The van der Waals surface area contributed by atoms with E-state index in [0.717, 1.165) is 23.9 Å². The van der Waals surface area contributed by atoms with Crippen LogP contribution < -0.4 is 15.0 Å². The number of methoxy groups -OCH3 is 1. The quantitative estimate of drug-likeness (QED) is 0.903. The number of halogens is 1. The third-order valence-corrected chi connectivity index (χ3v) is 3.76. The van der Waals surface area contributed by atoms with E-state index in [1.807, 2.05) is 4.90 Å². The Balaban J connectivity index is 2.15. The Morgan fingerprint density at radius 2 is 2.42 bits per heavy atom. The molecule has 1 N–H and O–H groups in total. The number of aromatic nitrogens is 2. The molecule has 19 heavy (non-hydrogen) atoms. The second-order valence-electron chi connectivity index (χ2n) is 4.43. The summed E-state index contributed by atoms with van der Waals surface area (Å²) in [6, 6.07) is 0. The van der Waals surface area contributed by atoms with Crippen molar-refractivity contribution in [2.24, 2.45) is 5.92 Å². The minimum atomic E-state index is -0.00279. The monoisotopic (exact) mass is 328 g/mol. The number of hydrogen-bond donors (Lipinski definition) is 1. The van der Waals surface area contributed by atoms with Crippen LogP contribution in [0.1, 0.15) is 12.8 Å². The normalized spacial score (nSPS) is 19.1. The predicted octanol–water partition coefficient (Wildman–Crippen LogP) is 1.21. The molecule has 2 rings (SSSR count). The van der Waals surface area contributed by atoms with Gasteiger partial charge in [-0.1, -0.05) is 0 Å². The number of hydrogen-bond acceptors (Lipinski definition) is 5. The maximum atomic E-state index is 11.7. The smallest absolute Gasteiger partial charge is 0.232 e. The number of rotatable bonds is 3. The lowest BCUT2D eigenvalue weighted by Gasteiger charge is -2.31. The van der Waals surface area contributed by atoms with Crippen LogP contribution in [-0.4, -0.2) is 43.1 Å². The van der Waals surface area contributed by atoms with Crippen molar-refractivity contribution in [3.8, 4) is 5.88 Å². The van der Waals surface area contributed by atoms with Crippen LogP contribution in [0.15, 0.2) is 10.7 Å². The second kappa shape index (κ2) is 6.18. The summed E-state index contributed by atoms with van der Waals surface area (Å²) in [6.07, 6.45) is 3.54. The van der Waals surface area contributed by atoms with E-state index < -0.39 is 0 Å². The van der Waals surface area contributed by atoms with E-state index in [1.165, 1.54) is 0 Å². The van der Waals surface area contributed by atoms with E-state index in [-0.39, 0.29) is 11.8 Å². The van der Waals surface area contributed by atoms with Gasteiger partial charge in [0, 0.05) is 20.1 Å². The first-order valence-electron chi connectivity index (χ1n) is 6.18. The Hall–Kier alpha value is -1.37. The molecule has 104 valence electrons. The molecule has 0 radical (unpaired) electrons. The largest absolute Gasteiger partial charge is 0.480 e. The fourth-order valence-electron chi connectivity index (χ4n) is 2.22. The maximum absolute atomic E-state index is 11.7. The summed E-state index contributed by atoms with van der Waals surface area (Å²) in [7, 11) is 3.24. The highest BCUT2D eigenvalue weighted by Gasteiger charge is 2.26. The van der Waals surface area contributed by atoms with Crippen molar-refractivity contribution in [3.63, 3.8) is 0 Å². The summed E-state index contributed by atoms with van der Waals surface area (Å²) in [5.74, 6) is 1.19. The van der Waals surface area contributed by atoms with Gasteiger partial charge in [-0.25, -0.2) is 4.98 Å². The highest BCUT2D eigenvalue weighted by Crippen LogP contribution is 2.26. The standard InChI is InChI=1S/C12H17BrN4O2/c1-14-10(18)8-4-3-5-17(7-8)12-15-6-9(13)11(16-12)19-2/h6,8H,3-5,7H2,1-2H3,(H,14,18). The first-order valence-corrected chi connectivity index (χ1v) is 6.98. The van der Waals surface area contributed by atoms with Gasteiger partial charge in [-0.05, 0) is 28.8 Å². The fraction of sp³-hybridized carbons (Fsp3) is 0.583. The van der Waals surface area contributed by atoms with E-state index in [2.05, 4.69) is 31.2 Å². The second-order valence-corrected chi connectivity index (χ2v) is 5.28. The van der Waals surface area contributed by atoms with Crippen LogP contribution in [0.2, 0.25) is 0 Å². The number of anilines is 1. The minimum absolute atomic E-state index is 0.00279. The van der Waals surface area contributed by atoms with Gasteiger partial charge in [-0.2, -0.15) is 4.98 Å². The lowest BCUT2D eigenvalue weighted by Crippen LogP contribution is -2.42. The number of amides is 1. The van der Waals surface area contributed by atoms with Crippen molar-refractivity contribution >= 4 is 27.8 Å². The van der Waals surface area contributed by atoms with Crippen LogP contribution >= 0.6 is 15.9 Å². The molecular formula is C12H17BrN4O2. The van der Waals surface area contributed by atoms with Crippen molar-refractivity contribution in [2.45, 2.75) is 12.8 Å². The van der Waals surface area contributed by atoms with Crippen molar-refractivity contribution in [1.82, 2.24) is 15.3 Å². The fourth-order valence-corrected chi connectivity index (χ4v) is 2.57. The predicted molar refractivity (Wildman–Crippen MR) is 75.3 cm³/mol. The lowest BCUT2D eigenvalue weighted by molar-refractivity contribution is -0.124. The Morgan fingerprint density at radius 3 is 3.11 bits per heavy atom. The zero-order chi connectivity index (χ0) is 13.8. The number of ether oxygens (including phenoxy) is 1. The molecule has 1 saturated heterocycles. The van der Waals surface area contributed by atoms with Gasteiger partial charge in [0.1, 0.15) is 0 Å². The number of carbonyl (C=O) groups is 1. The Labute approximate surface area is 120 Å². The van der Waals surface area contributed by atoms with Gasteiger partial charge in [0.05, 0.1) is 23.7 Å². The Bertz CT molecular complexity index is 469. The van der Waals surface area contributed by atoms with Crippen molar-refractivity contribution in [1.29, 1.82) is 0 Å². The average Bonchev–Trinajstić information content (AvgIpc) is 2.47. The van der Waals surface area contributed by atoms with Crippen molar-refractivity contribution < 1.29 is 9.53 Å². The zero-order valence-corrected chi connectivity index (χ0v) is 12.6. The van der Waals surface area contributed by atoms with Crippen molar-refractivity contribution in [2.75, 3.05) is 32.1 Å². The third-order valence-electron chi connectivity index (χ3n) is 3.21. The van der Waals surface area contributed by atoms with E-state index in [4.69, 9.17) is 4.74 Å². The highest BCUT2D eigenvalue weighted by molar-refractivity contribution is 9.10. The summed E-state index contributed by atoms with van der Waals surface area (Å²) in [6.45, 7) is 1.50. The van der Waals surface area contributed by atoms with Gasteiger partial charge < -0.3 is 15.0 Å². The molecule has 0 aromatic carbocycles. The van der Waals surface area contributed by atoms with E-state index >= 15 is 0 Å². The molecule has 1 amide bonds. The highest BCUT2D eigenvalue weighted by atomic mass is 79.9. The van der Waals surface area contributed by atoms with Crippen LogP contribution in [0.5, 0.6) is 5.88 Å². The van der Waals surface area contributed by atoms with Gasteiger partial charge in [-0.15, -0.1) is 0 Å². The topological polar surface area (TPSA) is 67.4 Å². The van der Waals surface area contributed by atoms with E-state index in [9.17, 15) is 4.79 Å². The summed E-state index contributed by atoms with van der Waals surface area (Å²) in [5.41, 5.74) is 0. The molecule has 1 aliphatic heterocycles. The summed E-state index contributed by atoms with van der Waals surface area (Å²) in [5, 5.41) is 2.70. The van der Waals surface area contributed by atoms with Crippen LogP contribution in [0.25, 0.3) is 0 Å². The van der Waals surface area contributed by atoms with E-state index in [0.29, 0.717) is 18.4 Å². The molecule has 1 unspecified atom stereocenters. The van der Waals surface area contributed by atoms with Gasteiger partial charge >= 0.3 is 0 Å².